The maximum absolute atomic E-state index is 11.8. The van der Waals surface area contributed by atoms with Crippen molar-refractivity contribution >= 4 is 15.7 Å². The van der Waals surface area contributed by atoms with Crippen molar-refractivity contribution in [1.29, 1.82) is 0 Å². The molecule has 0 bridgehead atoms. The number of benzene rings is 1. The van der Waals surface area contributed by atoms with E-state index in [-0.39, 0.29) is 25.1 Å². The van der Waals surface area contributed by atoms with Gasteiger partial charge in [-0.25, -0.2) is 8.42 Å². The predicted octanol–water partition coefficient (Wildman–Crippen LogP) is 1.20. The Morgan fingerprint density at radius 2 is 1.95 bits per heavy atom. The lowest BCUT2D eigenvalue weighted by molar-refractivity contribution is 0.0913. The van der Waals surface area contributed by atoms with Crippen molar-refractivity contribution < 1.29 is 18.3 Å². The summed E-state index contributed by atoms with van der Waals surface area (Å²) in [7, 11) is -3.41. The van der Waals surface area contributed by atoms with Crippen molar-refractivity contribution in [1.82, 2.24) is 0 Å². The van der Waals surface area contributed by atoms with Crippen LogP contribution in [0.1, 0.15) is 19.4 Å². The van der Waals surface area contributed by atoms with Crippen LogP contribution in [-0.2, 0) is 14.8 Å². The number of hydrogen-bond donors (Lipinski definition) is 2. The average Bonchev–Trinajstić information content (AvgIpc) is 2.37. The topological polar surface area (TPSA) is 75.6 Å². The van der Waals surface area contributed by atoms with Crippen LogP contribution in [0.3, 0.4) is 0 Å². The molecule has 2 N–H and O–H groups in total. The van der Waals surface area contributed by atoms with Crippen LogP contribution in [0.5, 0.6) is 0 Å². The van der Waals surface area contributed by atoms with Gasteiger partial charge in [0.2, 0.25) is 10.0 Å². The molecule has 0 spiro atoms. The number of nitrogens with one attached hydrogen (secondary N) is 1. The second-order valence-corrected chi connectivity index (χ2v) is 6.22. The molecule has 0 aliphatic heterocycles. The number of sulfonamides is 1. The molecule has 0 atom stereocenters. The Kier molecular flexibility index (Phi) is 6.52. The third-order valence-electron chi connectivity index (χ3n) is 2.27. The molecule has 0 amide bonds. The quantitative estimate of drug-likeness (QED) is 0.774. The number of ether oxygens (including phenoxy) is 1. The van der Waals surface area contributed by atoms with Gasteiger partial charge in [-0.15, -0.1) is 0 Å². The van der Waals surface area contributed by atoms with Crippen LogP contribution in [0.15, 0.2) is 24.3 Å². The summed E-state index contributed by atoms with van der Waals surface area (Å²) < 4.78 is 31.3. The summed E-state index contributed by atoms with van der Waals surface area (Å²) in [4.78, 5) is 0. The van der Waals surface area contributed by atoms with Gasteiger partial charge in [-0.2, -0.15) is 0 Å². The van der Waals surface area contributed by atoms with E-state index in [9.17, 15) is 8.42 Å². The highest BCUT2D eigenvalue weighted by atomic mass is 32.2. The van der Waals surface area contributed by atoms with E-state index in [0.29, 0.717) is 11.3 Å². The van der Waals surface area contributed by atoms with E-state index in [2.05, 4.69) is 16.6 Å². The van der Waals surface area contributed by atoms with E-state index in [0.717, 1.165) is 0 Å². The molecule has 0 unspecified atom stereocenters. The van der Waals surface area contributed by atoms with Crippen LogP contribution < -0.4 is 4.72 Å². The van der Waals surface area contributed by atoms with Crippen molar-refractivity contribution in [3.8, 4) is 11.8 Å². The van der Waals surface area contributed by atoms with E-state index in [1.54, 1.807) is 24.3 Å². The number of aliphatic hydroxyl groups excluding tert-OH is 1. The molecule has 0 saturated carbocycles. The number of hydrogen-bond acceptors (Lipinski definition) is 4. The van der Waals surface area contributed by atoms with Gasteiger partial charge in [0.25, 0.3) is 0 Å². The zero-order chi connectivity index (χ0) is 15.0. The van der Waals surface area contributed by atoms with Gasteiger partial charge in [0.1, 0.15) is 6.61 Å². The molecule has 0 aromatic heterocycles. The monoisotopic (exact) mass is 297 g/mol. The fraction of sp³-hybridized carbons (Fsp3) is 0.429. The summed E-state index contributed by atoms with van der Waals surface area (Å²) in [5, 5.41) is 8.58. The van der Waals surface area contributed by atoms with Crippen LogP contribution in [0, 0.1) is 11.8 Å². The predicted molar refractivity (Wildman–Crippen MR) is 78.9 cm³/mol. The van der Waals surface area contributed by atoms with Crippen molar-refractivity contribution in [2.75, 3.05) is 23.7 Å². The van der Waals surface area contributed by atoms with E-state index >= 15 is 0 Å². The molecule has 110 valence electrons. The first-order valence-electron chi connectivity index (χ1n) is 6.25. The van der Waals surface area contributed by atoms with Crippen LogP contribution in [0.25, 0.3) is 0 Å². The van der Waals surface area contributed by atoms with Gasteiger partial charge in [-0.3, -0.25) is 4.72 Å². The van der Waals surface area contributed by atoms with Crippen molar-refractivity contribution in [2.45, 2.75) is 20.0 Å². The van der Waals surface area contributed by atoms with Crippen LogP contribution in [-0.4, -0.2) is 38.6 Å². The molecular weight excluding hydrogens is 278 g/mol. The summed E-state index contributed by atoms with van der Waals surface area (Å²) in [6.45, 7) is 3.66. The molecular formula is C14H19NO4S. The van der Waals surface area contributed by atoms with Gasteiger partial charge >= 0.3 is 0 Å². The summed E-state index contributed by atoms with van der Waals surface area (Å²) >= 11 is 0. The molecule has 1 rings (SSSR count). The van der Waals surface area contributed by atoms with E-state index in [4.69, 9.17) is 9.84 Å². The first-order chi connectivity index (χ1) is 9.43. The minimum atomic E-state index is -3.41. The van der Waals surface area contributed by atoms with Gasteiger partial charge < -0.3 is 9.84 Å². The summed E-state index contributed by atoms with van der Waals surface area (Å²) in [6.07, 6.45) is 0.00887. The largest absolute Gasteiger partial charge is 0.384 e. The maximum Gasteiger partial charge on any atom is 0.234 e. The third kappa shape index (κ3) is 6.57. The van der Waals surface area contributed by atoms with E-state index < -0.39 is 10.0 Å². The van der Waals surface area contributed by atoms with Gasteiger partial charge in [0.15, 0.2) is 0 Å². The molecule has 0 aliphatic rings. The second kappa shape index (κ2) is 7.90. The van der Waals surface area contributed by atoms with Gasteiger partial charge in [0.05, 0.1) is 18.5 Å². The highest BCUT2D eigenvalue weighted by molar-refractivity contribution is 7.92. The van der Waals surface area contributed by atoms with Crippen LogP contribution in [0.4, 0.5) is 5.69 Å². The molecule has 0 heterocycles. The fourth-order valence-corrected chi connectivity index (χ4v) is 2.30. The Bertz CT molecular complexity index is 567. The van der Waals surface area contributed by atoms with E-state index in [1.165, 1.54) is 0 Å². The number of aliphatic hydroxyl groups is 1. The second-order valence-electron chi connectivity index (χ2n) is 4.38. The minimum absolute atomic E-state index is 0.00887. The normalized spacial score (nSPS) is 11.0. The summed E-state index contributed by atoms with van der Waals surface area (Å²) in [6, 6.07) is 6.63. The first-order valence-corrected chi connectivity index (χ1v) is 7.90. The molecule has 1 aromatic rings. The van der Waals surface area contributed by atoms with Crippen molar-refractivity contribution in [3.05, 3.63) is 29.8 Å². The van der Waals surface area contributed by atoms with Gasteiger partial charge in [0, 0.05) is 11.3 Å². The van der Waals surface area contributed by atoms with Gasteiger partial charge in [-0.05, 0) is 38.1 Å². The molecule has 0 fully saturated rings. The zero-order valence-electron chi connectivity index (χ0n) is 11.6. The Morgan fingerprint density at radius 3 is 2.50 bits per heavy atom. The highest BCUT2D eigenvalue weighted by Gasteiger charge is 2.10. The van der Waals surface area contributed by atoms with Crippen LogP contribution >= 0.6 is 0 Å². The summed E-state index contributed by atoms with van der Waals surface area (Å²) in [5.41, 5.74) is 1.19. The van der Waals surface area contributed by atoms with Crippen molar-refractivity contribution in [3.63, 3.8) is 0 Å². The third-order valence-corrected chi connectivity index (χ3v) is 3.52. The molecule has 1 aromatic carbocycles. The molecule has 0 radical (unpaired) electrons. The SMILES string of the molecule is CC(C)OCCS(=O)(=O)Nc1ccc(C#CCO)cc1. The molecule has 0 aliphatic carbocycles. The average molecular weight is 297 g/mol. The van der Waals surface area contributed by atoms with Crippen LogP contribution in [0.2, 0.25) is 0 Å². The standard InChI is InChI=1S/C14H19NO4S/c1-12(2)19-10-11-20(17,18)15-14-7-5-13(6-8-14)4-3-9-16/h5-8,12,15-16H,9-11H2,1-2H3. The molecule has 6 heteroatoms. The first kappa shape index (κ1) is 16.5. The molecule has 20 heavy (non-hydrogen) atoms. The Morgan fingerprint density at radius 1 is 1.30 bits per heavy atom. The smallest absolute Gasteiger partial charge is 0.234 e. The lowest BCUT2D eigenvalue weighted by Gasteiger charge is -2.10. The Hall–Kier alpha value is -1.55. The maximum atomic E-state index is 11.8. The van der Waals surface area contributed by atoms with Crippen molar-refractivity contribution in [2.24, 2.45) is 0 Å². The number of anilines is 1. The Labute approximate surface area is 120 Å². The highest BCUT2D eigenvalue weighted by Crippen LogP contribution is 2.11. The summed E-state index contributed by atoms with van der Waals surface area (Å²) in [5.74, 6) is 5.17. The zero-order valence-corrected chi connectivity index (χ0v) is 12.4. The fourth-order valence-electron chi connectivity index (χ4n) is 1.39. The molecule has 0 saturated heterocycles. The lowest BCUT2D eigenvalue weighted by atomic mass is 10.2. The number of rotatable bonds is 6. The Balaban J connectivity index is 2.59. The lowest BCUT2D eigenvalue weighted by Crippen LogP contribution is -2.21. The molecule has 5 nitrogen and oxygen atoms in total. The van der Waals surface area contributed by atoms with E-state index in [1.807, 2.05) is 13.8 Å². The van der Waals surface area contributed by atoms with Gasteiger partial charge in [-0.1, -0.05) is 11.8 Å². The minimum Gasteiger partial charge on any atom is -0.384 e.